The van der Waals surface area contributed by atoms with Gasteiger partial charge in [0, 0.05) is 29.8 Å². The normalized spacial score (nSPS) is 13.6. The molecule has 0 saturated heterocycles. The number of nitrogens with one attached hydrogen (secondary N) is 1. The fraction of sp³-hybridized carbons (Fsp3) is 0.444. The molecule has 3 N–H and O–H groups in total. The standard InChI is InChI=1S/C18H26N4O/c1-12(13(2)19)18(23)20-10-17-14(3)21-22(15(17)4)11-16-8-6-5-7-9-16/h5-9,12-13H,10-11,19H2,1-4H3,(H,20,23). The first-order chi connectivity index (χ1) is 10.9. The molecule has 0 fully saturated rings. The largest absolute Gasteiger partial charge is 0.352 e. The fourth-order valence-electron chi connectivity index (χ4n) is 2.48. The van der Waals surface area contributed by atoms with Crippen molar-refractivity contribution in [3.63, 3.8) is 0 Å². The second kappa shape index (κ2) is 7.42. The molecule has 0 saturated carbocycles. The number of aryl methyl sites for hydroxylation is 1. The maximum absolute atomic E-state index is 12.1. The number of carbonyl (C=O) groups is 1. The van der Waals surface area contributed by atoms with Crippen LogP contribution in [0.25, 0.3) is 0 Å². The molecule has 1 aromatic carbocycles. The van der Waals surface area contributed by atoms with E-state index in [1.165, 1.54) is 5.56 Å². The van der Waals surface area contributed by atoms with Gasteiger partial charge >= 0.3 is 0 Å². The molecule has 0 aliphatic rings. The highest BCUT2D eigenvalue weighted by Gasteiger charge is 2.18. The van der Waals surface area contributed by atoms with Gasteiger partial charge in [-0.25, -0.2) is 0 Å². The molecule has 124 valence electrons. The smallest absolute Gasteiger partial charge is 0.224 e. The van der Waals surface area contributed by atoms with E-state index >= 15 is 0 Å². The summed E-state index contributed by atoms with van der Waals surface area (Å²) in [5, 5.41) is 7.57. The summed E-state index contributed by atoms with van der Waals surface area (Å²) < 4.78 is 1.99. The molecule has 1 heterocycles. The molecule has 5 nitrogen and oxygen atoms in total. The van der Waals surface area contributed by atoms with Crippen molar-refractivity contribution in [1.29, 1.82) is 0 Å². The molecule has 0 radical (unpaired) electrons. The molecule has 23 heavy (non-hydrogen) atoms. The average Bonchev–Trinajstić information content (AvgIpc) is 2.79. The van der Waals surface area contributed by atoms with Crippen molar-refractivity contribution >= 4 is 5.91 Å². The van der Waals surface area contributed by atoms with Gasteiger partial charge in [0.25, 0.3) is 0 Å². The van der Waals surface area contributed by atoms with Gasteiger partial charge in [-0.15, -0.1) is 0 Å². The van der Waals surface area contributed by atoms with Crippen molar-refractivity contribution in [2.45, 2.75) is 46.8 Å². The summed E-state index contributed by atoms with van der Waals surface area (Å²) >= 11 is 0. The van der Waals surface area contributed by atoms with Gasteiger partial charge in [0.1, 0.15) is 0 Å². The Kier molecular flexibility index (Phi) is 5.55. The predicted molar refractivity (Wildman–Crippen MR) is 91.9 cm³/mol. The number of carbonyl (C=O) groups excluding carboxylic acids is 1. The Morgan fingerprint density at radius 1 is 1.26 bits per heavy atom. The minimum Gasteiger partial charge on any atom is -0.352 e. The predicted octanol–water partition coefficient (Wildman–Crippen LogP) is 2.15. The van der Waals surface area contributed by atoms with Crippen LogP contribution in [0, 0.1) is 19.8 Å². The van der Waals surface area contributed by atoms with Gasteiger partial charge in [0.2, 0.25) is 5.91 Å². The van der Waals surface area contributed by atoms with Gasteiger partial charge in [-0.05, 0) is 26.3 Å². The van der Waals surface area contributed by atoms with E-state index in [-0.39, 0.29) is 17.9 Å². The van der Waals surface area contributed by atoms with Gasteiger partial charge in [-0.1, -0.05) is 37.3 Å². The van der Waals surface area contributed by atoms with E-state index in [1.54, 1.807) is 0 Å². The van der Waals surface area contributed by atoms with Gasteiger partial charge < -0.3 is 11.1 Å². The highest BCUT2D eigenvalue weighted by atomic mass is 16.1. The van der Waals surface area contributed by atoms with E-state index in [2.05, 4.69) is 22.5 Å². The van der Waals surface area contributed by atoms with E-state index in [0.29, 0.717) is 6.54 Å². The Bertz CT molecular complexity index is 661. The van der Waals surface area contributed by atoms with Crippen molar-refractivity contribution in [2.24, 2.45) is 11.7 Å². The van der Waals surface area contributed by atoms with Crippen LogP contribution in [0.15, 0.2) is 30.3 Å². The SMILES string of the molecule is Cc1nn(Cc2ccccc2)c(C)c1CNC(=O)C(C)C(C)N. The second-order valence-electron chi connectivity index (χ2n) is 6.16. The molecule has 2 atom stereocenters. The second-order valence-corrected chi connectivity index (χ2v) is 6.16. The van der Waals surface area contributed by atoms with E-state index in [4.69, 9.17) is 5.73 Å². The summed E-state index contributed by atoms with van der Waals surface area (Å²) in [5.74, 6) is -0.218. The van der Waals surface area contributed by atoms with E-state index in [0.717, 1.165) is 23.5 Å². The van der Waals surface area contributed by atoms with Crippen LogP contribution in [-0.4, -0.2) is 21.7 Å². The summed E-state index contributed by atoms with van der Waals surface area (Å²) in [6, 6.07) is 10.1. The molecule has 1 aromatic heterocycles. The van der Waals surface area contributed by atoms with Crippen molar-refractivity contribution < 1.29 is 4.79 Å². The fourth-order valence-corrected chi connectivity index (χ4v) is 2.48. The molecule has 1 amide bonds. The zero-order valence-electron chi connectivity index (χ0n) is 14.3. The molecule has 0 aliphatic carbocycles. The van der Waals surface area contributed by atoms with Gasteiger partial charge in [0.15, 0.2) is 0 Å². The third-order valence-corrected chi connectivity index (χ3v) is 4.35. The lowest BCUT2D eigenvalue weighted by Gasteiger charge is -2.15. The van der Waals surface area contributed by atoms with E-state index in [1.807, 2.05) is 50.6 Å². The minimum absolute atomic E-state index is 0.0189. The highest BCUT2D eigenvalue weighted by Crippen LogP contribution is 2.15. The summed E-state index contributed by atoms with van der Waals surface area (Å²) in [5.41, 5.74) is 10.1. The number of nitrogens with two attached hydrogens (primary N) is 1. The zero-order valence-corrected chi connectivity index (χ0v) is 14.3. The topological polar surface area (TPSA) is 72.9 Å². The number of rotatable bonds is 6. The van der Waals surface area contributed by atoms with Crippen molar-refractivity contribution in [1.82, 2.24) is 15.1 Å². The van der Waals surface area contributed by atoms with Crippen LogP contribution in [-0.2, 0) is 17.9 Å². The van der Waals surface area contributed by atoms with Crippen LogP contribution >= 0.6 is 0 Å². The molecular formula is C18H26N4O. The van der Waals surface area contributed by atoms with E-state index < -0.39 is 0 Å². The minimum atomic E-state index is -0.199. The first kappa shape index (κ1) is 17.2. The number of hydrogen-bond donors (Lipinski definition) is 2. The highest BCUT2D eigenvalue weighted by molar-refractivity contribution is 5.78. The lowest BCUT2D eigenvalue weighted by atomic mass is 10.0. The summed E-state index contributed by atoms with van der Waals surface area (Å²) in [7, 11) is 0. The Morgan fingerprint density at radius 3 is 2.52 bits per heavy atom. The first-order valence-corrected chi connectivity index (χ1v) is 8.00. The molecule has 2 aromatic rings. The quantitative estimate of drug-likeness (QED) is 0.858. The average molecular weight is 314 g/mol. The number of amides is 1. The number of aromatic nitrogens is 2. The monoisotopic (exact) mass is 314 g/mol. The molecular weight excluding hydrogens is 288 g/mol. The van der Waals surface area contributed by atoms with Crippen LogP contribution in [0.4, 0.5) is 0 Å². The molecule has 2 rings (SSSR count). The van der Waals surface area contributed by atoms with Crippen LogP contribution in [0.5, 0.6) is 0 Å². The lowest BCUT2D eigenvalue weighted by Crippen LogP contribution is -2.38. The van der Waals surface area contributed by atoms with E-state index in [9.17, 15) is 4.79 Å². The molecule has 5 heteroatoms. The zero-order chi connectivity index (χ0) is 17.0. The van der Waals surface area contributed by atoms with Gasteiger partial charge in [0.05, 0.1) is 12.2 Å². The summed E-state index contributed by atoms with van der Waals surface area (Å²) in [4.78, 5) is 12.1. The first-order valence-electron chi connectivity index (χ1n) is 8.00. The third kappa shape index (κ3) is 4.20. The van der Waals surface area contributed by atoms with Crippen LogP contribution in [0.3, 0.4) is 0 Å². The van der Waals surface area contributed by atoms with Crippen LogP contribution in [0.1, 0.15) is 36.4 Å². The molecule has 0 spiro atoms. The maximum Gasteiger partial charge on any atom is 0.224 e. The van der Waals surface area contributed by atoms with Gasteiger partial charge in [-0.3, -0.25) is 9.48 Å². The number of hydrogen-bond acceptors (Lipinski definition) is 3. The molecule has 0 aliphatic heterocycles. The van der Waals surface area contributed by atoms with Crippen molar-refractivity contribution in [2.75, 3.05) is 0 Å². The third-order valence-electron chi connectivity index (χ3n) is 4.35. The molecule has 2 unspecified atom stereocenters. The Hall–Kier alpha value is -2.14. The molecule has 0 bridgehead atoms. The Labute approximate surface area is 137 Å². The Balaban J connectivity index is 2.07. The van der Waals surface area contributed by atoms with Crippen molar-refractivity contribution in [3.05, 3.63) is 52.8 Å². The summed E-state index contributed by atoms with van der Waals surface area (Å²) in [6.07, 6.45) is 0. The van der Waals surface area contributed by atoms with Crippen molar-refractivity contribution in [3.8, 4) is 0 Å². The van der Waals surface area contributed by atoms with Gasteiger partial charge in [-0.2, -0.15) is 5.10 Å². The number of nitrogens with zero attached hydrogens (tertiary/aromatic N) is 2. The lowest BCUT2D eigenvalue weighted by molar-refractivity contribution is -0.125. The van der Waals surface area contributed by atoms with Crippen LogP contribution in [0.2, 0.25) is 0 Å². The Morgan fingerprint density at radius 2 is 1.91 bits per heavy atom. The number of benzene rings is 1. The maximum atomic E-state index is 12.1. The summed E-state index contributed by atoms with van der Waals surface area (Å²) in [6.45, 7) is 8.93. The van der Waals surface area contributed by atoms with Crippen LogP contribution < -0.4 is 11.1 Å².